The van der Waals surface area contributed by atoms with Crippen LogP contribution in [0, 0.1) is 0 Å². The van der Waals surface area contributed by atoms with Crippen molar-refractivity contribution in [1.29, 1.82) is 0 Å². The second-order valence-corrected chi connectivity index (χ2v) is 0.949. The van der Waals surface area contributed by atoms with E-state index in [0.717, 1.165) is 5.75 Å². The van der Waals surface area contributed by atoms with Gasteiger partial charge < -0.3 is 0 Å². The molecule has 0 aliphatic rings. The first-order valence-corrected chi connectivity index (χ1v) is 2.16. The van der Waals surface area contributed by atoms with Crippen molar-refractivity contribution < 1.29 is 0 Å². The van der Waals surface area contributed by atoms with E-state index in [4.69, 9.17) is 0 Å². The standard InChI is InChI=1S/C2H6S.C2H4/c1-2-3;1-2/h3H,2H2,1H3;1-2H2. The van der Waals surface area contributed by atoms with E-state index in [1.165, 1.54) is 0 Å². The summed E-state index contributed by atoms with van der Waals surface area (Å²) in [5.74, 6) is 0.944. The van der Waals surface area contributed by atoms with Crippen molar-refractivity contribution in [2.75, 3.05) is 5.75 Å². The molecule has 32 valence electrons. The molecule has 0 aliphatic heterocycles. The Labute approximate surface area is 39.3 Å². The molecule has 0 radical (unpaired) electrons. The molecule has 0 atom stereocenters. The minimum absolute atomic E-state index is 0.944. The van der Waals surface area contributed by atoms with Crippen LogP contribution in [-0.2, 0) is 0 Å². The minimum atomic E-state index is 0.944. The summed E-state index contributed by atoms with van der Waals surface area (Å²) in [5, 5.41) is 0. The van der Waals surface area contributed by atoms with E-state index in [1.54, 1.807) is 0 Å². The molecular formula is C4H10S. The van der Waals surface area contributed by atoms with Gasteiger partial charge in [0.15, 0.2) is 0 Å². The highest BCUT2D eigenvalue weighted by Crippen LogP contribution is 1.58. The number of rotatable bonds is 0. The Balaban J connectivity index is 0. The first-order valence-electron chi connectivity index (χ1n) is 1.52. The van der Waals surface area contributed by atoms with Gasteiger partial charge in [-0.1, -0.05) is 6.92 Å². The van der Waals surface area contributed by atoms with Gasteiger partial charge in [0.05, 0.1) is 0 Å². The lowest BCUT2D eigenvalue weighted by atomic mass is 11.0. The lowest BCUT2D eigenvalue weighted by molar-refractivity contribution is 1.54. The highest BCUT2D eigenvalue weighted by atomic mass is 32.1. The molecule has 0 unspecified atom stereocenters. The molecule has 0 saturated heterocycles. The highest BCUT2D eigenvalue weighted by Gasteiger charge is 1.35. The van der Waals surface area contributed by atoms with Crippen molar-refractivity contribution in [2.45, 2.75) is 6.92 Å². The normalized spacial score (nSPS) is 4.40. The zero-order valence-corrected chi connectivity index (χ0v) is 4.46. The predicted molar refractivity (Wildman–Crippen MR) is 30.8 cm³/mol. The van der Waals surface area contributed by atoms with Gasteiger partial charge in [-0.15, -0.1) is 13.2 Å². The fourth-order valence-corrected chi connectivity index (χ4v) is 0. The quantitative estimate of drug-likeness (QED) is 0.340. The third kappa shape index (κ3) is 2210. The van der Waals surface area contributed by atoms with Crippen molar-refractivity contribution >= 4 is 12.6 Å². The van der Waals surface area contributed by atoms with Crippen LogP contribution < -0.4 is 0 Å². The topological polar surface area (TPSA) is 0 Å². The van der Waals surface area contributed by atoms with Gasteiger partial charge in [-0.05, 0) is 5.75 Å². The summed E-state index contributed by atoms with van der Waals surface area (Å²) < 4.78 is 0. The van der Waals surface area contributed by atoms with Crippen LogP contribution in [0.4, 0.5) is 0 Å². The number of thiol groups is 1. The van der Waals surface area contributed by atoms with Crippen molar-refractivity contribution in [2.24, 2.45) is 0 Å². The van der Waals surface area contributed by atoms with Crippen LogP contribution in [0.25, 0.3) is 0 Å². The Morgan fingerprint density at radius 1 is 1.60 bits per heavy atom. The van der Waals surface area contributed by atoms with E-state index in [9.17, 15) is 0 Å². The Kier molecular flexibility index (Phi) is 58.6. The van der Waals surface area contributed by atoms with E-state index in [2.05, 4.69) is 25.8 Å². The zero-order chi connectivity index (χ0) is 4.71. The maximum atomic E-state index is 3.79. The first kappa shape index (κ1) is 8.92. The van der Waals surface area contributed by atoms with Crippen LogP contribution >= 0.6 is 12.6 Å². The van der Waals surface area contributed by atoms with Crippen LogP contribution in [0.5, 0.6) is 0 Å². The Bertz CT molecular complexity index is 7.61. The molecule has 0 nitrogen and oxygen atoms in total. The Hall–Kier alpha value is 0.0900. The molecule has 0 heterocycles. The van der Waals surface area contributed by atoms with Gasteiger partial charge in [0.25, 0.3) is 0 Å². The van der Waals surface area contributed by atoms with E-state index < -0.39 is 0 Å². The second kappa shape index (κ2) is 32.9. The second-order valence-electron chi connectivity index (χ2n) is 0.316. The highest BCUT2D eigenvalue weighted by molar-refractivity contribution is 7.80. The minimum Gasteiger partial charge on any atom is -0.180 e. The van der Waals surface area contributed by atoms with Crippen LogP contribution in [-0.4, -0.2) is 5.75 Å². The van der Waals surface area contributed by atoms with Crippen LogP contribution in [0.15, 0.2) is 13.2 Å². The van der Waals surface area contributed by atoms with Gasteiger partial charge in [-0.3, -0.25) is 0 Å². The SMILES string of the molecule is C=C.CCS. The summed E-state index contributed by atoms with van der Waals surface area (Å²) in [4.78, 5) is 0. The number of hydrogen-bond acceptors (Lipinski definition) is 1. The molecular weight excluding hydrogens is 80.1 g/mol. The molecule has 0 aromatic heterocycles. The van der Waals surface area contributed by atoms with Gasteiger partial charge in [0.2, 0.25) is 0 Å². The fourth-order valence-electron chi connectivity index (χ4n) is 0. The molecule has 0 saturated carbocycles. The van der Waals surface area contributed by atoms with Gasteiger partial charge in [0.1, 0.15) is 0 Å². The Morgan fingerprint density at radius 3 is 1.60 bits per heavy atom. The smallest absolute Gasteiger partial charge is 0.0126 e. The molecule has 0 spiro atoms. The maximum absolute atomic E-state index is 3.79. The summed E-state index contributed by atoms with van der Waals surface area (Å²) >= 11 is 3.79. The molecule has 5 heavy (non-hydrogen) atoms. The number of hydrogen-bond donors (Lipinski definition) is 1. The Morgan fingerprint density at radius 2 is 1.60 bits per heavy atom. The van der Waals surface area contributed by atoms with E-state index in [1.807, 2.05) is 6.92 Å². The summed E-state index contributed by atoms with van der Waals surface area (Å²) in [7, 11) is 0. The van der Waals surface area contributed by atoms with Crippen molar-refractivity contribution in [3.05, 3.63) is 13.2 Å². The van der Waals surface area contributed by atoms with Gasteiger partial charge in [-0.25, -0.2) is 0 Å². The lowest BCUT2D eigenvalue weighted by Gasteiger charge is -1.48. The summed E-state index contributed by atoms with van der Waals surface area (Å²) in [6.07, 6.45) is 0. The third-order valence-electron chi connectivity index (χ3n) is 0. The van der Waals surface area contributed by atoms with E-state index in [0.29, 0.717) is 0 Å². The summed E-state index contributed by atoms with van der Waals surface area (Å²) in [6, 6.07) is 0. The monoisotopic (exact) mass is 90.1 g/mol. The molecule has 0 fully saturated rings. The third-order valence-corrected chi connectivity index (χ3v) is 0. The van der Waals surface area contributed by atoms with Gasteiger partial charge >= 0.3 is 0 Å². The van der Waals surface area contributed by atoms with Crippen molar-refractivity contribution in [1.82, 2.24) is 0 Å². The van der Waals surface area contributed by atoms with Gasteiger partial charge in [0, 0.05) is 0 Å². The molecule has 0 aromatic carbocycles. The summed E-state index contributed by atoms with van der Waals surface area (Å²) in [6.45, 7) is 7.99. The van der Waals surface area contributed by atoms with Crippen LogP contribution in [0.2, 0.25) is 0 Å². The van der Waals surface area contributed by atoms with Crippen LogP contribution in [0.1, 0.15) is 6.92 Å². The molecule has 0 rings (SSSR count). The fraction of sp³-hybridized carbons (Fsp3) is 0.500. The summed E-state index contributed by atoms with van der Waals surface area (Å²) in [5.41, 5.74) is 0. The predicted octanol–water partition coefficient (Wildman–Crippen LogP) is 1.74. The average molecular weight is 90.2 g/mol. The molecule has 0 aliphatic carbocycles. The van der Waals surface area contributed by atoms with Crippen molar-refractivity contribution in [3.8, 4) is 0 Å². The van der Waals surface area contributed by atoms with E-state index in [-0.39, 0.29) is 0 Å². The van der Waals surface area contributed by atoms with E-state index >= 15 is 0 Å². The van der Waals surface area contributed by atoms with Crippen LogP contribution in [0.3, 0.4) is 0 Å². The molecule has 1 heteroatoms. The molecule has 0 amide bonds. The molecule has 0 N–H and O–H groups in total. The van der Waals surface area contributed by atoms with Crippen molar-refractivity contribution in [3.63, 3.8) is 0 Å². The zero-order valence-electron chi connectivity index (χ0n) is 3.57. The molecule has 0 aromatic rings. The maximum Gasteiger partial charge on any atom is -0.0126 e. The average Bonchev–Trinajstić information content (AvgIpc) is 1.46. The molecule has 0 bridgehead atoms. The van der Waals surface area contributed by atoms with Gasteiger partial charge in [-0.2, -0.15) is 12.6 Å². The lowest BCUT2D eigenvalue weighted by Crippen LogP contribution is -1.36. The largest absolute Gasteiger partial charge is 0.180 e. The first-order chi connectivity index (χ1) is 2.41.